The summed E-state index contributed by atoms with van der Waals surface area (Å²) in [5.74, 6) is -0.274. The number of thiocarbonyl (C=S) groups is 1. The van der Waals surface area contributed by atoms with Gasteiger partial charge in [0.05, 0.1) is 17.8 Å². The van der Waals surface area contributed by atoms with Gasteiger partial charge in [0.1, 0.15) is 5.82 Å². The minimum Gasteiger partial charge on any atom is -0.351 e. The molecule has 1 aliphatic heterocycles. The van der Waals surface area contributed by atoms with E-state index >= 15 is 0 Å². The molecule has 0 unspecified atom stereocenters. The smallest absolute Gasteiger partial charge is 0.174 e. The Morgan fingerprint density at radius 2 is 1.85 bits per heavy atom. The van der Waals surface area contributed by atoms with Crippen LogP contribution >= 0.6 is 12.2 Å². The molecule has 7 heteroatoms. The molecule has 0 spiro atoms. The molecule has 33 heavy (non-hydrogen) atoms. The number of benzene rings is 1. The molecule has 1 fully saturated rings. The van der Waals surface area contributed by atoms with Gasteiger partial charge in [0.2, 0.25) is 0 Å². The second-order valence-corrected chi connectivity index (χ2v) is 8.63. The maximum absolute atomic E-state index is 13.7. The lowest BCUT2D eigenvalue weighted by molar-refractivity contribution is 0.563. The number of nitrogens with zero attached hydrogens (tertiary/aromatic N) is 4. The third-order valence-corrected chi connectivity index (χ3v) is 6.51. The number of hydrogen-bond donors (Lipinski definition) is 1. The number of aromatic nitrogens is 3. The highest BCUT2D eigenvalue weighted by molar-refractivity contribution is 7.80. The molecule has 5 rings (SSSR count). The summed E-state index contributed by atoms with van der Waals surface area (Å²) in [5, 5.41) is 4.07. The zero-order chi connectivity index (χ0) is 22.9. The maximum Gasteiger partial charge on any atom is 0.174 e. The van der Waals surface area contributed by atoms with Crippen LogP contribution in [0.4, 0.5) is 10.1 Å². The van der Waals surface area contributed by atoms with Gasteiger partial charge in [-0.2, -0.15) is 0 Å². The quantitative estimate of drug-likeness (QED) is 0.414. The topological polar surface area (TPSA) is 46.0 Å². The maximum atomic E-state index is 13.7. The molecule has 166 valence electrons. The first-order valence-corrected chi connectivity index (χ1v) is 11.3. The van der Waals surface area contributed by atoms with Crippen molar-refractivity contribution in [2.24, 2.45) is 0 Å². The van der Waals surface area contributed by atoms with Crippen LogP contribution in [0.15, 0.2) is 79.3 Å². The molecule has 1 saturated heterocycles. The fraction of sp³-hybridized carbons (Fsp3) is 0.192. The van der Waals surface area contributed by atoms with Crippen LogP contribution in [-0.2, 0) is 6.54 Å². The van der Waals surface area contributed by atoms with Crippen molar-refractivity contribution >= 4 is 23.0 Å². The molecule has 0 aliphatic carbocycles. The van der Waals surface area contributed by atoms with Crippen LogP contribution in [0.3, 0.4) is 0 Å². The molecule has 4 aromatic rings. The van der Waals surface area contributed by atoms with E-state index in [2.05, 4.69) is 50.7 Å². The highest BCUT2D eigenvalue weighted by atomic mass is 32.1. The summed E-state index contributed by atoms with van der Waals surface area (Å²) < 4.78 is 16.0. The van der Waals surface area contributed by atoms with Crippen molar-refractivity contribution in [2.75, 3.05) is 4.90 Å². The Bertz CT molecular complexity index is 1270. The molecule has 4 heterocycles. The van der Waals surface area contributed by atoms with E-state index in [4.69, 9.17) is 12.2 Å². The second-order valence-electron chi connectivity index (χ2n) is 8.25. The van der Waals surface area contributed by atoms with Crippen LogP contribution in [0.1, 0.15) is 40.3 Å². The lowest BCUT2D eigenvalue weighted by Crippen LogP contribution is -2.29. The summed E-state index contributed by atoms with van der Waals surface area (Å²) in [4.78, 5) is 10.9. The van der Waals surface area contributed by atoms with E-state index in [-0.39, 0.29) is 17.9 Å². The van der Waals surface area contributed by atoms with Gasteiger partial charge in [-0.15, -0.1) is 0 Å². The Kier molecular flexibility index (Phi) is 5.64. The Labute approximate surface area is 197 Å². The van der Waals surface area contributed by atoms with Gasteiger partial charge in [0.25, 0.3) is 0 Å². The molecule has 2 atom stereocenters. The molecule has 3 aromatic heterocycles. The fourth-order valence-electron chi connectivity index (χ4n) is 4.60. The number of aryl methyl sites for hydroxylation is 1. The van der Waals surface area contributed by atoms with Crippen LogP contribution in [-0.4, -0.2) is 19.6 Å². The average Bonchev–Trinajstić information content (AvgIpc) is 3.32. The van der Waals surface area contributed by atoms with Crippen molar-refractivity contribution in [3.63, 3.8) is 0 Å². The summed E-state index contributed by atoms with van der Waals surface area (Å²) in [6.07, 6.45) is 5.48. The number of anilines is 1. The third-order valence-electron chi connectivity index (χ3n) is 6.20. The van der Waals surface area contributed by atoms with Crippen molar-refractivity contribution in [1.82, 2.24) is 19.9 Å². The van der Waals surface area contributed by atoms with Crippen molar-refractivity contribution in [3.8, 4) is 0 Å². The SMILES string of the molecule is Cc1cc([C@H]2[C@H](c3ccccn3)NC(=S)N2c2ccc(F)cc2)c(C)n1Cc1cccnc1. The van der Waals surface area contributed by atoms with Gasteiger partial charge in [0.15, 0.2) is 5.11 Å². The molecule has 0 bridgehead atoms. The first kappa shape index (κ1) is 21.3. The van der Waals surface area contributed by atoms with Crippen LogP contribution in [0.2, 0.25) is 0 Å². The van der Waals surface area contributed by atoms with Crippen molar-refractivity contribution in [1.29, 1.82) is 0 Å². The van der Waals surface area contributed by atoms with Gasteiger partial charge in [-0.3, -0.25) is 9.97 Å². The molecule has 0 saturated carbocycles. The molecule has 5 nitrogen and oxygen atoms in total. The minimum atomic E-state index is -0.274. The first-order valence-electron chi connectivity index (χ1n) is 10.8. The second kappa shape index (κ2) is 8.75. The van der Waals surface area contributed by atoms with E-state index < -0.39 is 0 Å². The highest BCUT2D eigenvalue weighted by Crippen LogP contribution is 2.43. The highest BCUT2D eigenvalue weighted by Gasteiger charge is 2.42. The van der Waals surface area contributed by atoms with Crippen LogP contribution < -0.4 is 10.2 Å². The summed E-state index contributed by atoms with van der Waals surface area (Å²) >= 11 is 5.78. The van der Waals surface area contributed by atoms with Crippen molar-refractivity contribution in [3.05, 3.63) is 113 Å². The molecular formula is C26H24FN5S. The van der Waals surface area contributed by atoms with E-state index in [0.29, 0.717) is 5.11 Å². The summed E-state index contributed by atoms with van der Waals surface area (Å²) in [7, 11) is 0. The van der Waals surface area contributed by atoms with E-state index in [9.17, 15) is 4.39 Å². The Morgan fingerprint density at radius 3 is 2.55 bits per heavy atom. The van der Waals surface area contributed by atoms with Crippen molar-refractivity contribution in [2.45, 2.75) is 32.5 Å². The largest absolute Gasteiger partial charge is 0.351 e. The molecule has 0 amide bonds. The van der Waals surface area contributed by atoms with Gasteiger partial charge in [0, 0.05) is 42.2 Å². The van der Waals surface area contributed by atoms with Gasteiger partial charge in [-0.1, -0.05) is 12.1 Å². The minimum absolute atomic E-state index is 0.133. The zero-order valence-corrected chi connectivity index (χ0v) is 19.3. The lowest BCUT2D eigenvalue weighted by atomic mass is 9.96. The van der Waals surface area contributed by atoms with Crippen LogP contribution in [0.25, 0.3) is 0 Å². The first-order chi connectivity index (χ1) is 16.0. The number of pyridine rings is 2. The number of nitrogens with one attached hydrogen (secondary N) is 1. The van der Waals surface area contributed by atoms with Crippen molar-refractivity contribution < 1.29 is 4.39 Å². The van der Waals surface area contributed by atoms with E-state index in [1.54, 1.807) is 24.5 Å². The summed E-state index contributed by atoms with van der Waals surface area (Å²) in [6, 6.07) is 18.4. The van der Waals surface area contributed by atoms with E-state index in [0.717, 1.165) is 40.4 Å². The Balaban J connectivity index is 1.62. The predicted molar refractivity (Wildman–Crippen MR) is 132 cm³/mol. The van der Waals surface area contributed by atoms with Gasteiger partial charge in [-0.05, 0) is 85.7 Å². The van der Waals surface area contributed by atoms with Crippen LogP contribution in [0, 0.1) is 19.7 Å². The fourth-order valence-corrected chi connectivity index (χ4v) is 4.94. The predicted octanol–water partition coefficient (Wildman–Crippen LogP) is 5.26. The molecular weight excluding hydrogens is 433 g/mol. The average molecular weight is 458 g/mol. The molecule has 1 aromatic carbocycles. The number of halogens is 1. The lowest BCUT2D eigenvalue weighted by Gasteiger charge is -2.28. The molecule has 0 radical (unpaired) electrons. The number of hydrogen-bond acceptors (Lipinski definition) is 3. The summed E-state index contributed by atoms with van der Waals surface area (Å²) in [6.45, 7) is 4.99. The monoisotopic (exact) mass is 457 g/mol. The van der Waals surface area contributed by atoms with Gasteiger partial charge < -0.3 is 14.8 Å². The Morgan fingerprint density at radius 1 is 1.03 bits per heavy atom. The third kappa shape index (κ3) is 4.00. The molecule has 1 N–H and O–H groups in total. The normalized spacial score (nSPS) is 17.9. The number of rotatable bonds is 5. The Hall–Kier alpha value is -3.58. The standard InChI is InChI=1S/C26H24FN5S/c1-17-14-22(18(2)31(17)16-19-6-5-12-28-15-19)25-24(23-7-3-4-13-29-23)30-26(33)32(25)21-10-8-20(27)9-11-21/h3-15,24-25H,16H2,1-2H3,(H,30,33)/t24-,25-/m0/s1. The van der Waals surface area contributed by atoms with E-state index in [1.165, 1.54) is 12.1 Å². The molecule has 1 aliphatic rings. The van der Waals surface area contributed by atoms with Crippen LogP contribution in [0.5, 0.6) is 0 Å². The van der Waals surface area contributed by atoms with Gasteiger partial charge >= 0.3 is 0 Å². The van der Waals surface area contributed by atoms with Gasteiger partial charge in [-0.25, -0.2) is 4.39 Å². The zero-order valence-electron chi connectivity index (χ0n) is 18.4. The van der Waals surface area contributed by atoms with E-state index in [1.807, 2.05) is 30.5 Å². The summed E-state index contributed by atoms with van der Waals surface area (Å²) in [5.41, 5.74) is 6.36.